The Morgan fingerprint density at radius 3 is 2.24 bits per heavy atom. The Bertz CT molecular complexity index is 509. The molecule has 0 amide bonds. The quantitative estimate of drug-likeness (QED) is 0.860. The molecule has 0 aliphatic heterocycles. The smallest absolute Gasteiger partial charge is 0.225 e. The predicted octanol–water partition coefficient (Wildman–Crippen LogP) is 1.47. The molecule has 0 aliphatic carbocycles. The maximum Gasteiger partial charge on any atom is 0.225 e. The van der Waals surface area contributed by atoms with Crippen LogP contribution in [0.5, 0.6) is 0 Å². The highest BCUT2D eigenvalue weighted by Gasteiger charge is 2.04. The van der Waals surface area contributed by atoms with Gasteiger partial charge in [0.05, 0.1) is 0 Å². The lowest BCUT2D eigenvalue weighted by Gasteiger charge is -2.04. The Balaban J connectivity index is 2.10. The normalized spacial score (nSPS) is 10.4. The Kier molecular flexibility index (Phi) is 3.39. The van der Waals surface area contributed by atoms with E-state index >= 15 is 0 Å². The van der Waals surface area contributed by atoms with Gasteiger partial charge in [-0.2, -0.15) is 15.0 Å². The first-order valence-corrected chi connectivity index (χ1v) is 5.52. The number of hydrogen-bond donors (Lipinski definition) is 2. The number of nitrogen functional groups attached to an aromatic ring is 2. The zero-order valence-electron chi connectivity index (χ0n) is 9.10. The molecule has 1 aromatic carbocycles. The molecule has 0 saturated carbocycles. The Morgan fingerprint density at radius 2 is 1.59 bits per heavy atom. The summed E-state index contributed by atoms with van der Waals surface area (Å²) in [7, 11) is 0. The highest BCUT2D eigenvalue weighted by atomic mass is 35.5. The van der Waals surface area contributed by atoms with Crippen LogP contribution >= 0.6 is 11.6 Å². The third-order valence-corrected chi connectivity index (χ3v) is 2.66. The molecule has 4 N–H and O–H groups in total. The Hall–Kier alpha value is -1.88. The van der Waals surface area contributed by atoms with E-state index in [0.717, 1.165) is 17.0 Å². The molecule has 6 heteroatoms. The van der Waals surface area contributed by atoms with Crippen LogP contribution < -0.4 is 11.5 Å². The molecular weight excluding hydrogens is 238 g/mol. The zero-order valence-corrected chi connectivity index (χ0v) is 9.85. The van der Waals surface area contributed by atoms with Gasteiger partial charge in [0.1, 0.15) is 5.82 Å². The van der Waals surface area contributed by atoms with E-state index in [4.69, 9.17) is 23.1 Å². The van der Waals surface area contributed by atoms with Gasteiger partial charge in [0.2, 0.25) is 11.9 Å². The number of nitrogens with zero attached hydrogens (tertiary/aromatic N) is 3. The number of anilines is 2. The minimum Gasteiger partial charge on any atom is -0.368 e. The van der Waals surface area contributed by atoms with Crippen molar-refractivity contribution in [3.8, 4) is 0 Å². The van der Waals surface area contributed by atoms with Crippen LogP contribution in [0.1, 0.15) is 11.4 Å². The van der Waals surface area contributed by atoms with E-state index in [9.17, 15) is 0 Å². The lowest BCUT2D eigenvalue weighted by atomic mass is 10.1. The second kappa shape index (κ2) is 4.97. The molecule has 2 rings (SSSR count). The van der Waals surface area contributed by atoms with E-state index in [1.54, 1.807) is 0 Å². The summed E-state index contributed by atoms with van der Waals surface area (Å²) in [4.78, 5) is 11.7. The lowest BCUT2D eigenvalue weighted by molar-refractivity contribution is 0.847. The summed E-state index contributed by atoms with van der Waals surface area (Å²) in [6.07, 6.45) is 1.36. The largest absolute Gasteiger partial charge is 0.368 e. The van der Waals surface area contributed by atoms with Gasteiger partial charge < -0.3 is 11.5 Å². The van der Waals surface area contributed by atoms with Crippen molar-refractivity contribution in [1.29, 1.82) is 0 Å². The fourth-order valence-corrected chi connectivity index (χ4v) is 1.75. The molecule has 2 aromatic rings. The molecule has 0 unspecified atom stereocenters. The van der Waals surface area contributed by atoms with Crippen LogP contribution in [-0.2, 0) is 12.8 Å². The summed E-state index contributed by atoms with van der Waals surface area (Å²) in [5.74, 6) is 0.869. The molecule has 17 heavy (non-hydrogen) atoms. The van der Waals surface area contributed by atoms with Gasteiger partial charge in [0.15, 0.2) is 0 Å². The zero-order chi connectivity index (χ0) is 12.3. The topological polar surface area (TPSA) is 90.7 Å². The standard InChI is InChI=1S/C11H12ClN5/c12-8-4-2-1-3-7(8)5-6-9-15-10(13)17-11(14)16-9/h1-4H,5-6H2,(H4,13,14,15,16,17). The highest BCUT2D eigenvalue weighted by Crippen LogP contribution is 2.16. The molecule has 0 bridgehead atoms. The van der Waals surface area contributed by atoms with E-state index < -0.39 is 0 Å². The van der Waals surface area contributed by atoms with Crippen molar-refractivity contribution < 1.29 is 0 Å². The molecular formula is C11H12ClN5. The number of rotatable bonds is 3. The molecule has 0 atom stereocenters. The third kappa shape index (κ3) is 3.04. The molecule has 88 valence electrons. The second-order valence-corrected chi connectivity index (χ2v) is 3.97. The van der Waals surface area contributed by atoms with E-state index in [1.807, 2.05) is 24.3 Å². The molecule has 1 aromatic heterocycles. The SMILES string of the molecule is Nc1nc(N)nc(CCc2ccccc2Cl)n1. The summed E-state index contributed by atoms with van der Waals surface area (Å²) in [5, 5.41) is 0.738. The van der Waals surface area contributed by atoms with Crippen molar-refractivity contribution >= 4 is 23.5 Å². The summed E-state index contributed by atoms with van der Waals surface area (Å²) in [5.41, 5.74) is 12.0. The first kappa shape index (κ1) is 11.6. The average molecular weight is 250 g/mol. The fraction of sp³-hybridized carbons (Fsp3) is 0.182. The van der Waals surface area contributed by atoms with E-state index in [1.165, 1.54) is 0 Å². The van der Waals surface area contributed by atoms with Gasteiger partial charge in [-0.3, -0.25) is 0 Å². The lowest BCUT2D eigenvalue weighted by Crippen LogP contribution is -2.07. The minimum atomic E-state index is 0.145. The van der Waals surface area contributed by atoms with Crippen molar-refractivity contribution in [2.75, 3.05) is 11.5 Å². The Morgan fingerprint density at radius 1 is 0.941 bits per heavy atom. The van der Waals surface area contributed by atoms with Gasteiger partial charge in [-0.15, -0.1) is 0 Å². The number of halogens is 1. The van der Waals surface area contributed by atoms with Crippen LogP contribution in [0.15, 0.2) is 24.3 Å². The van der Waals surface area contributed by atoms with Crippen LogP contribution in [0, 0.1) is 0 Å². The van der Waals surface area contributed by atoms with Gasteiger partial charge >= 0.3 is 0 Å². The Labute approximate surface area is 104 Å². The van der Waals surface area contributed by atoms with E-state index in [-0.39, 0.29) is 11.9 Å². The minimum absolute atomic E-state index is 0.145. The molecule has 0 radical (unpaired) electrons. The predicted molar refractivity (Wildman–Crippen MR) is 67.5 cm³/mol. The van der Waals surface area contributed by atoms with E-state index in [0.29, 0.717) is 12.2 Å². The summed E-state index contributed by atoms with van der Waals surface area (Å²) in [6, 6.07) is 7.66. The van der Waals surface area contributed by atoms with Gasteiger partial charge in [-0.25, -0.2) is 0 Å². The molecule has 0 spiro atoms. The monoisotopic (exact) mass is 249 g/mol. The van der Waals surface area contributed by atoms with E-state index in [2.05, 4.69) is 15.0 Å². The van der Waals surface area contributed by atoms with Crippen molar-refractivity contribution in [1.82, 2.24) is 15.0 Å². The molecule has 1 heterocycles. The van der Waals surface area contributed by atoms with Crippen molar-refractivity contribution in [3.05, 3.63) is 40.7 Å². The number of hydrogen-bond acceptors (Lipinski definition) is 5. The van der Waals surface area contributed by atoms with Gasteiger partial charge in [-0.05, 0) is 18.1 Å². The molecule has 0 aliphatic rings. The maximum atomic E-state index is 6.05. The van der Waals surface area contributed by atoms with Crippen molar-refractivity contribution in [2.45, 2.75) is 12.8 Å². The number of aromatic nitrogens is 3. The maximum absolute atomic E-state index is 6.05. The molecule has 5 nitrogen and oxygen atoms in total. The summed E-state index contributed by atoms with van der Waals surface area (Å²) < 4.78 is 0. The fourth-order valence-electron chi connectivity index (χ4n) is 1.52. The second-order valence-electron chi connectivity index (χ2n) is 3.56. The van der Waals surface area contributed by atoms with Gasteiger partial charge in [0.25, 0.3) is 0 Å². The number of aryl methyl sites for hydroxylation is 2. The summed E-state index contributed by atoms with van der Waals surface area (Å²) in [6.45, 7) is 0. The average Bonchev–Trinajstić information content (AvgIpc) is 2.27. The van der Waals surface area contributed by atoms with Crippen LogP contribution in [0.25, 0.3) is 0 Å². The van der Waals surface area contributed by atoms with Crippen LogP contribution in [0.4, 0.5) is 11.9 Å². The van der Waals surface area contributed by atoms with Gasteiger partial charge in [0, 0.05) is 11.4 Å². The third-order valence-electron chi connectivity index (χ3n) is 2.29. The van der Waals surface area contributed by atoms with Crippen LogP contribution in [0.3, 0.4) is 0 Å². The number of nitrogens with two attached hydrogens (primary N) is 2. The first-order chi connectivity index (χ1) is 8.15. The van der Waals surface area contributed by atoms with Crippen LogP contribution in [0.2, 0.25) is 5.02 Å². The van der Waals surface area contributed by atoms with Crippen molar-refractivity contribution in [3.63, 3.8) is 0 Å². The van der Waals surface area contributed by atoms with Crippen molar-refractivity contribution in [2.24, 2.45) is 0 Å². The molecule has 0 saturated heterocycles. The summed E-state index contributed by atoms with van der Waals surface area (Å²) >= 11 is 6.05. The first-order valence-electron chi connectivity index (χ1n) is 5.14. The van der Waals surface area contributed by atoms with Crippen LogP contribution in [-0.4, -0.2) is 15.0 Å². The number of benzene rings is 1. The molecule has 0 fully saturated rings. The van der Waals surface area contributed by atoms with Gasteiger partial charge in [-0.1, -0.05) is 29.8 Å². The highest BCUT2D eigenvalue weighted by molar-refractivity contribution is 6.31.